The van der Waals surface area contributed by atoms with Gasteiger partial charge in [-0.1, -0.05) is 18.2 Å². The molecule has 10 heteroatoms. The summed E-state index contributed by atoms with van der Waals surface area (Å²) in [4.78, 5) is 27.9. The van der Waals surface area contributed by atoms with Gasteiger partial charge in [-0.2, -0.15) is 4.31 Å². The number of rotatable bonds is 8. The molecule has 2 aliphatic rings. The molecule has 2 aromatic carbocycles. The maximum absolute atomic E-state index is 13.1. The second-order valence-corrected chi connectivity index (χ2v) is 11.9. The predicted molar refractivity (Wildman–Crippen MR) is 137 cm³/mol. The SMILES string of the molecule is COCCCN1C(=O)c2cccc3c(NC(=O)C4CCN(S(=O)(=O)c5cccs5)CC4)ccc1c23. The molecule has 3 aromatic rings. The number of benzene rings is 2. The Hall–Kier alpha value is -2.79. The van der Waals surface area contributed by atoms with Crippen LogP contribution >= 0.6 is 11.3 Å². The monoisotopic (exact) mass is 513 g/mol. The predicted octanol–water partition coefficient (Wildman–Crippen LogP) is 3.94. The van der Waals surface area contributed by atoms with Crippen LogP contribution in [0.5, 0.6) is 0 Å². The molecule has 0 aliphatic carbocycles. The summed E-state index contributed by atoms with van der Waals surface area (Å²) in [6, 6.07) is 12.6. The molecule has 0 atom stereocenters. The van der Waals surface area contributed by atoms with E-state index in [2.05, 4.69) is 5.32 Å². The first-order chi connectivity index (χ1) is 16.9. The van der Waals surface area contributed by atoms with Crippen molar-refractivity contribution in [3.05, 3.63) is 53.4 Å². The van der Waals surface area contributed by atoms with Crippen LogP contribution in [0, 0.1) is 5.92 Å². The summed E-state index contributed by atoms with van der Waals surface area (Å²) in [6.07, 6.45) is 1.66. The molecule has 0 radical (unpaired) electrons. The molecule has 3 heterocycles. The zero-order valence-corrected chi connectivity index (χ0v) is 21.0. The van der Waals surface area contributed by atoms with Crippen LogP contribution in [0.4, 0.5) is 11.4 Å². The lowest BCUT2D eigenvalue weighted by Gasteiger charge is -2.30. The normalized spacial score (nSPS) is 16.8. The van der Waals surface area contributed by atoms with Crippen molar-refractivity contribution in [1.29, 1.82) is 0 Å². The van der Waals surface area contributed by atoms with Crippen molar-refractivity contribution in [1.82, 2.24) is 4.31 Å². The summed E-state index contributed by atoms with van der Waals surface area (Å²) in [5.74, 6) is -0.440. The maximum Gasteiger partial charge on any atom is 0.258 e. The minimum absolute atomic E-state index is 0.0375. The molecule has 1 saturated heterocycles. The number of piperidine rings is 1. The highest BCUT2D eigenvalue weighted by Gasteiger charge is 2.34. The summed E-state index contributed by atoms with van der Waals surface area (Å²) < 4.78 is 32.5. The van der Waals surface area contributed by atoms with E-state index in [4.69, 9.17) is 4.74 Å². The lowest BCUT2D eigenvalue weighted by atomic mass is 9.96. The van der Waals surface area contributed by atoms with Gasteiger partial charge in [0.05, 0.1) is 5.69 Å². The number of nitrogens with zero attached hydrogens (tertiary/aromatic N) is 2. The van der Waals surface area contributed by atoms with E-state index >= 15 is 0 Å². The van der Waals surface area contributed by atoms with Gasteiger partial charge in [0.25, 0.3) is 15.9 Å². The number of methoxy groups -OCH3 is 1. The first-order valence-electron chi connectivity index (χ1n) is 11.6. The Balaban J connectivity index is 1.31. The van der Waals surface area contributed by atoms with Gasteiger partial charge in [-0.25, -0.2) is 8.42 Å². The summed E-state index contributed by atoms with van der Waals surface area (Å²) >= 11 is 1.20. The highest BCUT2D eigenvalue weighted by atomic mass is 32.2. The van der Waals surface area contributed by atoms with E-state index in [1.807, 2.05) is 30.3 Å². The number of sulfonamides is 1. The van der Waals surface area contributed by atoms with Crippen molar-refractivity contribution in [3.8, 4) is 0 Å². The molecule has 0 saturated carbocycles. The Bertz CT molecular complexity index is 1360. The fourth-order valence-electron chi connectivity index (χ4n) is 4.87. The summed E-state index contributed by atoms with van der Waals surface area (Å²) in [5.41, 5.74) is 2.15. The third-order valence-corrected chi connectivity index (χ3v) is 9.96. The Morgan fingerprint density at radius 3 is 2.66 bits per heavy atom. The molecule has 1 N–H and O–H groups in total. The lowest BCUT2D eigenvalue weighted by Crippen LogP contribution is -2.41. The van der Waals surface area contributed by atoms with Gasteiger partial charge in [0.15, 0.2) is 0 Å². The average molecular weight is 514 g/mol. The number of thiophene rings is 1. The van der Waals surface area contributed by atoms with Gasteiger partial charge in [-0.05, 0) is 48.9 Å². The Labute approximate surface area is 208 Å². The van der Waals surface area contributed by atoms with E-state index in [9.17, 15) is 18.0 Å². The van der Waals surface area contributed by atoms with Crippen LogP contribution in [0.2, 0.25) is 0 Å². The molecule has 1 aromatic heterocycles. The van der Waals surface area contributed by atoms with Crippen molar-refractivity contribution in [3.63, 3.8) is 0 Å². The van der Waals surface area contributed by atoms with Crippen LogP contribution in [0.3, 0.4) is 0 Å². The molecular formula is C25H27N3O5S2. The molecule has 0 spiro atoms. The highest BCUT2D eigenvalue weighted by Crippen LogP contribution is 2.41. The molecule has 184 valence electrons. The standard InChI is InChI=1S/C25H27N3O5S2/c1-33-15-4-12-28-21-9-8-20(18-5-2-6-19(23(18)21)25(28)30)26-24(29)17-10-13-27(14-11-17)35(31,32)22-7-3-16-34-22/h2-3,5-9,16-17H,4,10-15H2,1H3,(H,26,29). The number of hydrogen-bond acceptors (Lipinski definition) is 6. The first-order valence-corrected chi connectivity index (χ1v) is 13.9. The fraction of sp³-hybridized carbons (Fsp3) is 0.360. The van der Waals surface area contributed by atoms with Crippen LogP contribution in [0.1, 0.15) is 29.6 Å². The highest BCUT2D eigenvalue weighted by molar-refractivity contribution is 7.91. The number of nitrogens with one attached hydrogen (secondary N) is 1. The molecule has 5 rings (SSSR count). The van der Waals surface area contributed by atoms with Crippen molar-refractivity contribution >= 4 is 55.3 Å². The molecule has 0 bridgehead atoms. The van der Waals surface area contributed by atoms with Crippen LogP contribution in [0.15, 0.2) is 52.1 Å². The Kier molecular flexibility index (Phi) is 6.63. The van der Waals surface area contributed by atoms with E-state index in [-0.39, 0.29) is 17.7 Å². The minimum atomic E-state index is -3.50. The van der Waals surface area contributed by atoms with Gasteiger partial charge in [0.1, 0.15) is 4.21 Å². The number of amides is 2. The maximum atomic E-state index is 13.1. The van der Waals surface area contributed by atoms with E-state index in [0.717, 1.165) is 22.9 Å². The van der Waals surface area contributed by atoms with Crippen molar-refractivity contribution in [2.75, 3.05) is 43.6 Å². The Morgan fingerprint density at radius 2 is 1.94 bits per heavy atom. The molecule has 35 heavy (non-hydrogen) atoms. The molecule has 1 fully saturated rings. The number of anilines is 2. The average Bonchev–Trinajstić information content (AvgIpc) is 3.51. The van der Waals surface area contributed by atoms with Crippen molar-refractivity contribution in [2.45, 2.75) is 23.5 Å². The first kappa shape index (κ1) is 23.9. The second-order valence-electron chi connectivity index (χ2n) is 8.76. The van der Waals surface area contributed by atoms with E-state index in [1.54, 1.807) is 29.5 Å². The zero-order chi connectivity index (χ0) is 24.6. The third kappa shape index (κ3) is 4.35. The summed E-state index contributed by atoms with van der Waals surface area (Å²) in [7, 11) is -1.86. The molecule has 2 amide bonds. The van der Waals surface area contributed by atoms with Crippen molar-refractivity contribution < 1.29 is 22.7 Å². The molecule has 8 nitrogen and oxygen atoms in total. The summed E-state index contributed by atoms with van der Waals surface area (Å²) in [6.45, 7) is 1.76. The van der Waals surface area contributed by atoms with E-state index < -0.39 is 10.0 Å². The largest absolute Gasteiger partial charge is 0.385 e. The Morgan fingerprint density at radius 1 is 1.14 bits per heavy atom. The van der Waals surface area contributed by atoms with Crippen LogP contribution in [0.25, 0.3) is 10.8 Å². The van der Waals surface area contributed by atoms with Crippen LogP contribution in [-0.4, -0.2) is 57.9 Å². The topological polar surface area (TPSA) is 96.0 Å². The van der Waals surface area contributed by atoms with Crippen molar-refractivity contribution in [2.24, 2.45) is 5.92 Å². The van der Waals surface area contributed by atoms with Crippen LogP contribution in [-0.2, 0) is 19.6 Å². The van der Waals surface area contributed by atoms with Gasteiger partial charge in [0.2, 0.25) is 5.91 Å². The zero-order valence-electron chi connectivity index (χ0n) is 19.4. The van der Waals surface area contributed by atoms with Gasteiger partial charge in [-0.3, -0.25) is 9.59 Å². The molecule has 0 unspecified atom stereocenters. The summed E-state index contributed by atoms with van der Waals surface area (Å²) in [5, 5.41) is 6.47. The van der Waals surface area contributed by atoms with Gasteiger partial charge < -0.3 is 15.0 Å². The third-order valence-electron chi connectivity index (χ3n) is 6.69. The number of carbonyl (C=O) groups is 2. The van der Waals surface area contributed by atoms with Gasteiger partial charge >= 0.3 is 0 Å². The number of ether oxygens (including phenoxy) is 1. The van der Waals surface area contributed by atoms with Crippen LogP contribution < -0.4 is 10.2 Å². The smallest absolute Gasteiger partial charge is 0.258 e. The fourth-order valence-corrected chi connectivity index (χ4v) is 7.49. The van der Waals surface area contributed by atoms with E-state index in [0.29, 0.717) is 54.5 Å². The quantitative estimate of drug-likeness (QED) is 0.461. The van der Waals surface area contributed by atoms with Gasteiger partial charge in [0, 0.05) is 61.3 Å². The molecular weight excluding hydrogens is 486 g/mol. The number of carbonyl (C=O) groups excluding carboxylic acids is 2. The second kappa shape index (κ2) is 9.69. The lowest BCUT2D eigenvalue weighted by molar-refractivity contribution is -0.120. The number of hydrogen-bond donors (Lipinski definition) is 1. The van der Waals surface area contributed by atoms with Gasteiger partial charge in [-0.15, -0.1) is 11.3 Å². The molecule has 2 aliphatic heterocycles. The minimum Gasteiger partial charge on any atom is -0.385 e. The van der Waals surface area contributed by atoms with E-state index in [1.165, 1.54) is 15.6 Å².